The average molecular weight is 358 g/mol. The molecule has 0 saturated carbocycles. The number of hydrogen-bond donors (Lipinski definition) is 1. The molecule has 2 nitrogen and oxygen atoms in total. The molecular formula is C16H18BrF2NO. The van der Waals surface area contributed by atoms with Crippen LogP contribution in [0.1, 0.15) is 37.1 Å². The van der Waals surface area contributed by atoms with Crippen molar-refractivity contribution in [3.63, 3.8) is 0 Å². The van der Waals surface area contributed by atoms with Crippen LogP contribution < -0.4 is 5.32 Å². The molecule has 0 saturated heterocycles. The molecule has 0 aliphatic carbocycles. The van der Waals surface area contributed by atoms with Crippen LogP contribution in [0.5, 0.6) is 0 Å². The van der Waals surface area contributed by atoms with Gasteiger partial charge in [-0.25, -0.2) is 8.78 Å². The molecule has 5 heteroatoms. The van der Waals surface area contributed by atoms with Crippen molar-refractivity contribution < 1.29 is 13.2 Å². The van der Waals surface area contributed by atoms with Crippen molar-refractivity contribution in [3.8, 4) is 0 Å². The lowest BCUT2D eigenvalue weighted by Gasteiger charge is -2.20. The van der Waals surface area contributed by atoms with Gasteiger partial charge in [-0.05, 0) is 59.6 Å². The lowest BCUT2D eigenvalue weighted by Crippen LogP contribution is -2.25. The van der Waals surface area contributed by atoms with E-state index in [-0.39, 0.29) is 16.1 Å². The van der Waals surface area contributed by atoms with Gasteiger partial charge in [0, 0.05) is 18.0 Å². The van der Waals surface area contributed by atoms with E-state index >= 15 is 0 Å². The summed E-state index contributed by atoms with van der Waals surface area (Å²) in [6.07, 6.45) is 3.69. The molecule has 1 aromatic carbocycles. The molecule has 0 fully saturated rings. The Morgan fingerprint density at radius 1 is 1.29 bits per heavy atom. The zero-order valence-corrected chi connectivity index (χ0v) is 13.4. The maximum atomic E-state index is 14.3. The smallest absolute Gasteiger partial charge is 0.145 e. The van der Waals surface area contributed by atoms with Gasteiger partial charge in [0.25, 0.3) is 0 Å². The fourth-order valence-corrected chi connectivity index (χ4v) is 2.62. The van der Waals surface area contributed by atoms with Crippen LogP contribution in [0.3, 0.4) is 0 Å². The van der Waals surface area contributed by atoms with Gasteiger partial charge in [0.05, 0.1) is 10.7 Å². The summed E-state index contributed by atoms with van der Waals surface area (Å²) < 4.78 is 33.9. The van der Waals surface area contributed by atoms with Gasteiger partial charge in [-0.3, -0.25) is 0 Å². The number of nitrogens with one attached hydrogen (secondary N) is 1. The Hall–Kier alpha value is -1.20. The molecule has 2 aromatic rings. The second-order valence-corrected chi connectivity index (χ2v) is 5.74. The topological polar surface area (TPSA) is 25.2 Å². The van der Waals surface area contributed by atoms with Crippen molar-refractivity contribution in [2.45, 2.75) is 32.2 Å². The normalized spacial score (nSPS) is 12.6. The Bertz CT molecular complexity index is 572. The number of aryl methyl sites for hydroxylation is 1. The van der Waals surface area contributed by atoms with Crippen molar-refractivity contribution in [1.82, 2.24) is 5.32 Å². The highest BCUT2D eigenvalue weighted by Crippen LogP contribution is 2.29. The number of rotatable bonds is 7. The van der Waals surface area contributed by atoms with E-state index in [1.807, 2.05) is 19.1 Å². The third-order valence-electron chi connectivity index (χ3n) is 3.33. The predicted octanol–water partition coefficient (Wildman–Crippen LogP) is 4.99. The molecular weight excluding hydrogens is 340 g/mol. The van der Waals surface area contributed by atoms with Crippen LogP contribution in [0.4, 0.5) is 8.78 Å². The maximum absolute atomic E-state index is 14.3. The molecule has 0 radical (unpaired) electrons. The highest BCUT2D eigenvalue weighted by molar-refractivity contribution is 9.10. The van der Waals surface area contributed by atoms with E-state index in [0.717, 1.165) is 12.2 Å². The predicted molar refractivity (Wildman–Crippen MR) is 82.1 cm³/mol. The van der Waals surface area contributed by atoms with Crippen LogP contribution in [-0.2, 0) is 6.42 Å². The minimum atomic E-state index is -0.539. The minimum absolute atomic E-state index is 0.0874. The van der Waals surface area contributed by atoms with Gasteiger partial charge >= 0.3 is 0 Å². The third kappa shape index (κ3) is 4.14. The summed E-state index contributed by atoms with van der Waals surface area (Å²) in [4.78, 5) is 0. The van der Waals surface area contributed by atoms with Gasteiger partial charge in [0.15, 0.2) is 0 Å². The van der Waals surface area contributed by atoms with Gasteiger partial charge < -0.3 is 9.73 Å². The SMILES string of the molecule is CCCNC(CCc1ccco1)c1c(F)ccc(Br)c1F. The zero-order valence-electron chi connectivity index (χ0n) is 11.8. The van der Waals surface area contributed by atoms with E-state index in [0.29, 0.717) is 19.4 Å². The quantitative estimate of drug-likeness (QED) is 0.705. The van der Waals surface area contributed by atoms with Crippen molar-refractivity contribution in [1.29, 1.82) is 0 Å². The maximum Gasteiger partial charge on any atom is 0.145 e. The molecule has 1 N–H and O–H groups in total. The van der Waals surface area contributed by atoms with Crippen LogP contribution in [-0.4, -0.2) is 6.54 Å². The van der Waals surface area contributed by atoms with E-state index in [2.05, 4.69) is 21.2 Å². The third-order valence-corrected chi connectivity index (χ3v) is 3.94. The molecule has 1 heterocycles. The molecule has 21 heavy (non-hydrogen) atoms. The van der Waals surface area contributed by atoms with Crippen LogP contribution in [0.2, 0.25) is 0 Å². The van der Waals surface area contributed by atoms with Gasteiger partial charge in [0.1, 0.15) is 17.4 Å². The number of hydrogen-bond acceptors (Lipinski definition) is 2. The summed E-state index contributed by atoms with van der Waals surface area (Å²) in [5, 5.41) is 3.21. The van der Waals surface area contributed by atoms with E-state index in [1.54, 1.807) is 6.26 Å². The number of benzene rings is 1. The molecule has 114 valence electrons. The van der Waals surface area contributed by atoms with Crippen molar-refractivity contribution in [2.75, 3.05) is 6.54 Å². The van der Waals surface area contributed by atoms with Crippen LogP contribution in [0, 0.1) is 11.6 Å². The second-order valence-electron chi connectivity index (χ2n) is 4.88. The van der Waals surface area contributed by atoms with Gasteiger partial charge in [-0.15, -0.1) is 0 Å². The molecule has 0 aliphatic rings. The summed E-state index contributed by atoms with van der Waals surface area (Å²) in [6, 6.07) is 5.97. The molecule has 1 aromatic heterocycles. The Morgan fingerprint density at radius 2 is 2.10 bits per heavy atom. The highest BCUT2D eigenvalue weighted by atomic mass is 79.9. The van der Waals surface area contributed by atoms with E-state index < -0.39 is 11.6 Å². The van der Waals surface area contributed by atoms with Crippen molar-refractivity contribution in [2.24, 2.45) is 0 Å². The summed E-state index contributed by atoms with van der Waals surface area (Å²) in [6.45, 7) is 2.72. The van der Waals surface area contributed by atoms with Crippen LogP contribution in [0.15, 0.2) is 39.4 Å². The first-order chi connectivity index (χ1) is 10.1. The number of furan rings is 1. The second kappa shape index (κ2) is 7.71. The lowest BCUT2D eigenvalue weighted by atomic mass is 9.99. The molecule has 1 unspecified atom stereocenters. The van der Waals surface area contributed by atoms with Crippen molar-refractivity contribution >= 4 is 15.9 Å². The fourth-order valence-electron chi connectivity index (χ4n) is 2.27. The van der Waals surface area contributed by atoms with Gasteiger partial charge in [-0.2, -0.15) is 0 Å². The number of halogens is 3. The molecule has 0 aliphatic heterocycles. The molecule has 2 rings (SSSR count). The van der Waals surface area contributed by atoms with E-state index in [4.69, 9.17) is 4.42 Å². The monoisotopic (exact) mass is 357 g/mol. The largest absolute Gasteiger partial charge is 0.469 e. The Balaban J connectivity index is 2.20. The fraction of sp³-hybridized carbons (Fsp3) is 0.375. The first-order valence-electron chi connectivity index (χ1n) is 7.02. The lowest BCUT2D eigenvalue weighted by molar-refractivity contribution is 0.423. The Morgan fingerprint density at radius 3 is 2.76 bits per heavy atom. The summed E-state index contributed by atoms with van der Waals surface area (Å²) >= 11 is 3.12. The van der Waals surface area contributed by atoms with Crippen LogP contribution in [0.25, 0.3) is 0 Å². The molecule has 0 spiro atoms. The standard InChI is InChI=1S/C16H18BrF2NO/c1-2-9-20-14(8-5-11-4-3-10-21-11)15-13(18)7-6-12(17)16(15)19/h3-4,6-7,10,14,20H,2,5,8-9H2,1H3. The van der Waals surface area contributed by atoms with Gasteiger partial charge in [0.2, 0.25) is 0 Å². The first-order valence-corrected chi connectivity index (χ1v) is 7.82. The minimum Gasteiger partial charge on any atom is -0.469 e. The van der Waals surface area contributed by atoms with E-state index in [1.165, 1.54) is 12.1 Å². The molecule has 0 bridgehead atoms. The van der Waals surface area contributed by atoms with E-state index in [9.17, 15) is 8.78 Å². The van der Waals surface area contributed by atoms with Gasteiger partial charge in [-0.1, -0.05) is 6.92 Å². The summed E-state index contributed by atoms with van der Waals surface area (Å²) in [5.41, 5.74) is 0.0874. The highest BCUT2D eigenvalue weighted by Gasteiger charge is 2.21. The summed E-state index contributed by atoms with van der Waals surface area (Å²) in [5.74, 6) is -0.249. The van der Waals surface area contributed by atoms with Crippen molar-refractivity contribution in [3.05, 3.63) is 58.0 Å². The molecule has 0 amide bonds. The summed E-state index contributed by atoms with van der Waals surface area (Å²) in [7, 11) is 0. The first kappa shape index (κ1) is 16.2. The molecule has 1 atom stereocenters. The Kier molecular flexibility index (Phi) is 5.94. The zero-order chi connectivity index (χ0) is 15.2. The average Bonchev–Trinajstić information content (AvgIpc) is 2.98. The Labute approximate surface area is 131 Å². The van der Waals surface area contributed by atoms with Crippen LogP contribution >= 0.6 is 15.9 Å².